The van der Waals surface area contributed by atoms with Crippen molar-refractivity contribution in [3.63, 3.8) is 0 Å². The Morgan fingerprint density at radius 3 is 2.71 bits per heavy atom. The minimum Gasteiger partial charge on any atom is -0.328 e. The molecule has 1 aromatic heterocycles. The number of hydrogen-bond acceptors (Lipinski definition) is 4. The second kappa shape index (κ2) is 5.36. The highest BCUT2D eigenvalue weighted by Gasteiger charge is 2.29. The third kappa shape index (κ3) is 2.66. The minimum atomic E-state index is -3.51. The van der Waals surface area contributed by atoms with Gasteiger partial charge < -0.3 is 5.73 Å². The summed E-state index contributed by atoms with van der Waals surface area (Å²) < 4.78 is 27.2. The lowest BCUT2D eigenvalue weighted by Gasteiger charge is -2.29. The van der Waals surface area contributed by atoms with Crippen LogP contribution in [0, 0.1) is 6.92 Å². The third-order valence-corrected chi connectivity index (χ3v) is 5.86. The fourth-order valence-corrected chi connectivity index (χ4v) is 4.34. The van der Waals surface area contributed by atoms with Gasteiger partial charge in [-0.3, -0.25) is 4.98 Å². The lowest BCUT2D eigenvalue weighted by molar-refractivity contribution is 0.320. The SMILES string of the molecule is Cc1cnc2c(S(=O)(=O)N3CCC(N)CC3)cccc2c1. The van der Waals surface area contributed by atoms with Gasteiger partial charge in [0.05, 0.1) is 5.52 Å². The molecule has 0 amide bonds. The van der Waals surface area contributed by atoms with Gasteiger partial charge in [0.25, 0.3) is 0 Å². The van der Waals surface area contributed by atoms with Gasteiger partial charge in [0.15, 0.2) is 0 Å². The molecule has 0 saturated carbocycles. The molecular weight excluding hydrogens is 286 g/mol. The van der Waals surface area contributed by atoms with Crippen molar-refractivity contribution in [2.75, 3.05) is 13.1 Å². The number of piperidine rings is 1. The van der Waals surface area contributed by atoms with Crippen LogP contribution in [0.2, 0.25) is 0 Å². The van der Waals surface area contributed by atoms with E-state index in [0.717, 1.165) is 10.9 Å². The Morgan fingerprint density at radius 1 is 1.29 bits per heavy atom. The summed E-state index contributed by atoms with van der Waals surface area (Å²) in [5.74, 6) is 0. The zero-order chi connectivity index (χ0) is 15.0. The third-order valence-electron chi connectivity index (χ3n) is 3.93. The van der Waals surface area contributed by atoms with Gasteiger partial charge >= 0.3 is 0 Å². The second-order valence-electron chi connectivity index (χ2n) is 5.58. The Kier molecular flexibility index (Phi) is 3.69. The van der Waals surface area contributed by atoms with Gasteiger partial charge in [0, 0.05) is 30.7 Å². The van der Waals surface area contributed by atoms with E-state index >= 15 is 0 Å². The molecule has 0 aliphatic carbocycles. The average Bonchev–Trinajstić information content (AvgIpc) is 2.46. The van der Waals surface area contributed by atoms with Crippen LogP contribution < -0.4 is 5.73 Å². The molecule has 2 aromatic rings. The van der Waals surface area contributed by atoms with E-state index in [-0.39, 0.29) is 10.9 Å². The number of fused-ring (bicyclic) bond motifs is 1. The molecule has 3 rings (SSSR count). The molecule has 21 heavy (non-hydrogen) atoms. The summed E-state index contributed by atoms with van der Waals surface area (Å²) in [4.78, 5) is 4.61. The molecule has 1 fully saturated rings. The molecule has 0 spiro atoms. The molecule has 5 nitrogen and oxygen atoms in total. The Bertz CT molecular complexity index is 766. The Balaban J connectivity index is 2.07. The van der Waals surface area contributed by atoms with Crippen LogP contribution in [0.5, 0.6) is 0 Å². The van der Waals surface area contributed by atoms with Crippen LogP contribution in [0.15, 0.2) is 35.4 Å². The molecular formula is C15H19N3O2S. The fourth-order valence-electron chi connectivity index (χ4n) is 2.71. The number of nitrogens with zero attached hydrogens (tertiary/aromatic N) is 2. The maximum absolute atomic E-state index is 12.8. The number of aryl methyl sites for hydroxylation is 1. The van der Waals surface area contributed by atoms with Gasteiger partial charge in [-0.05, 0) is 37.5 Å². The molecule has 1 aliphatic heterocycles. The summed E-state index contributed by atoms with van der Waals surface area (Å²) in [7, 11) is -3.51. The highest BCUT2D eigenvalue weighted by atomic mass is 32.2. The van der Waals surface area contributed by atoms with Crippen LogP contribution in [0.25, 0.3) is 10.9 Å². The Morgan fingerprint density at radius 2 is 2.00 bits per heavy atom. The topological polar surface area (TPSA) is 76.3 Å². The highest BCUT2D eigenvalue weighted by Crippen LogP contribution is 2.26. The summed E-state index contributed by atoms with van der Waals surface area (Å²) in [6.45, 7) is 2.90. The van der Waals surface area contributed by atoms with Crippen LogP contribution in [0.3, 0.4) is 0 Å². The van der Waals surface area contributed by atoms with E-state index in [4.69, 9.17) is 5.73 Å². The molecule has 0 atom stereocenters. The number of sulfonamides is 1. The lowest BCUT2D eigenvalue weighted by atomic mass is 10.1. The van der Waals surface area contributed by atoms with Gasteiger partial charge in [-0.1, -0.05) is 12.1 Å². The standard InChI is InChI=1S/C15H19N3O2S/c1-11-9-12-3-2-4-14(15(12)17-10-11)21(19,20)18-7-5-13(16)6-8-18/h2-4,9-10,13H,5-8,16H2,1H3. The number of benzene rings is 1. The number of para-hydroxylation sites is 1. The van der Waals surface area contributed by atoms with Crippen LogP contribution in [0.4, 0.5) is 0 Å². The summed E-state index contributed by atoms with van der Waals surface area (Å²) >= 11 is 0. The van der Waals surface area contributed by atoms with E-state index in [2.05, 4.69) is 4.98 Å². The van der Waals surface area contributed by atoms with E-state index in [9.17, 15) is 8.42 Å². The molecule has 0 unspecified atom stereocenters. The first-order chi connectivity index (χ1) is 9.98. The van der Waals surface area contributed by atoms with Crippen molar-refractivity contribution in [1.82, 2.24) is 9.29 Å². The van der Waals surface area contributed by atoms with Crippen molar-refractivity contribution in [2.24, 2.45) is 5.73 Å². The first kappa shape index (κ1) is 14.4. The van der Waals surface area contributed by atoms with Crippen molar-refractivity contribution in [3.8, 4) is 0 Å². The van der Waals surface area contributed by atoms with Crippen LogP contribution >= 0.6 is 0 Å². The first-order valence-corrected chi connectivity index (χ1v) is 8.53. The summed E-state index contributed by atoms with van der Waals surface area (Å²) in [5, 5.41) is 0.852. The van der Waals surface area contributed by atoms with E-state index < -0.39 is 10.0 Å². The van der Waals surface area contributed by atoms with Crippen molar-refractivity contribution in [1.29, 1.82) is 0 Å². The van der Waals surface area contributed by atoms with E-state index in [0.29, 0.717) is 31.4 Å². The highest BCUT2D eigenvalue weighted by molar-refractivity contribution is 7.89. The summed E-state index contributed by atoms with van der Waals surface area (Å²) in [5.41, 5.74) is 7.41. The zero-order valence-corrected chi connectivity index (χ0v) is 12.8. The largest absolute Gasteiger partial charge is 0.328 e. The molecule has 1 aliphatic rings. The van der Waals surface area contributed by atoms with Gasteiger partial charge in [-0.2, -0.15) is 4.31 Å². The van der Waals surface area contributed by atoms with Gasteiger partial charge in [0.2, 0.25) is 10.0 Å². The second-order valence-corrected chi connectivity index (χ2v) is 7.49. The molecule has 2 N–H and O–H groups in total. The van der Waals surface area contributed by atoms with E-state index in [1.54, 1.807) is 18.3 Å². The Hall–Kier alpha value is -1.50. The quantitative estimate of drug-likeness (QED) is 0.915. The monoisotopic (exact) mass is 305 g/mol. The van der Waals surface area contributed by atoms with Crippen molar-refractivity contribution >= 4 is 20.9 Å². The van der Waals surface area contributed by atoms with Gasteiger partial charge in [0.1, 0.15) is 4.90 Å². The van der Waals surface area contributed by atoms with Gasteiger partial charge in [-0.15, -0.1) is 0 Å². The fraction of sp³-hybridized carbons (Fsp3) is 0.400. The summed E-state index contributed by atoms with van der Waals surface area (Å²) in [6.07, 6.45) is 3.11. The Labute approximate surface area is 124 Å². The van der Waals surface area contributed by atoms with Gasteiger partial charge in [-0.25, -0.2) is 8.42 Å². The first-order valence-electron chi connectivity index (χ1n) is 7.09. The molecule has 112 valence electrons. The van der Waals surface area contributed by atoms with Crippen LogP contribution in [0.1, 0.15) is 18.4 Å². The maximum Gasteiger partial charge on any atom is 0.245 e. The molecule has 1 saturated heterocycles. The molecule has 1 aromatic carbocycles. The normalized spacial score (nSPS) is 18.2. The predicted octanol–water partition coefficient (Wildman–Crippen LogP) is 1.66. The average molecular weight is 305 g/mol. The predicted molar refractivity (Wildman–Crippen MR) is 82.4 cm³/mol. The smallest absolute Gasteiger partial charge is 0.245 e. The summed E-state index contributed by atoms with van der Waals surface area (Å²) in [6, 6.07) is 7.35. The van der Waals surface area contributed by atoms with Crippen molar-refractivity contribution in [3.05, 3.63) is 36.0 Å². The maximum atomic E-state index is 12.8. The molecule has 2 heterocycles. The number of hydrogen-bond donors (Lipinski definition) is 1. The van der Waals surface area contributed by atoms with E-state index in [1.807, 2.05) is 19.1 Å². The van der Waals surface area contributed by atoms with Crippen LogP contribution in [-0.4, -0.2) is 36.8 Å². The number of aromatic nitrogens is 1. The van der Waals surface area contributed by atoms with Crippen molar-refractivity contribution in [2.45, 2.75) is 30.7 Å². The molecule has 0 bridgehead atoms. The molecule has 0 radical (unpaired) electrons. The number of pyridine rings is 1. The van der Waals surface area contributed by atoms with Crippen molar-refractivity contribution < 1.29 is 8.42 Å². The number of nitrogens with two attached hydrogens (primary N) is 1. The minimum absolute atomic E-state index is 0.102. The van der Waals surface area contributed by atoms with E-state index in [1.165, 1.54) is 4.31 Å². The molecule has 6 heteroatoms. The number of rotatable bonds is 2. The van der Waals surface area contributed by atoms with Crippen LogP contribution in [-0.2, 0) is 10.0 Å². The zero-order valence-electron chi connectivity index (χ0n) is 12.0. The lowest BCUT2D eigenvalue weighted by Crippen LogP contribution is -2.42.